The normalized spacial score (nSPS) is 19.0. The molecule has 1 fully saturated rings. The Hall–Kier alpha value is -2.83. The lowest BCUT2D eigenvalue weighted by Crippen LogP contribution is -2.52. The fraction of sp³-hybridized carbons (Fsp3) is 0.450. The van der Waals surface area contributed by atoms with Gasteiger partial charge in [0.05, 0.1) is 13.2 Å². The number of carbonyl (C=O) groups is 1. The van der Waals surface area contributed by atoms with E-state index in [2.05, 4.69) is 26.3 Å². The van der Waals surface area contributed by atoms with E-state index in [9.17, 15) is 4.79 Å². The van der Waals surface area contributed by atoms with Crippen LogP contribution in [-0.2, 0) is 6.42 Å². The summed E-state index contributed by atoms with van der Waals surface area (Å²) in [7, 11) is 1.69. The average molecular weight is 367 g/mol. The first-order valence-electron chi connectivity index (χ1n) is 9.41. The van der Waals surface area contributed by atoms with Crippen LogP contribution in [0.3, 0.4) is 0 Å². The van der Waals surface area contributed by atoms with Gasteiger partial charge in [-0.15, -0.1) is 0 Å². The SMILES string of the molecule is COc1cccc2c1CCC2NC(=O)N1CCN(c2ccnc(C)n2)CC1. The van der Waals surface area contributed by atoms with Gasteiger partial charge in [-0.2, -0.15) is 0 Å². The number of aromatic nitrogens is 2. The van der Waals surface area contributed by atoms with E-state index in [-0.39, 0.29) is 12.1 Å². The molecule has 0 spiro atoms. The fourth-order valence-electron chi connectivity index (χ4n) is 3.96. The number of hydrogen-bond donors (Lipinski definition) is 1. The summed E-state index contributed by atoms with van der Waals surface area (Å²) in [4.78, 5) is 25.5. The molecule has 2 aliphatic rings. The number of hydrogen-bond acceptors (Lipinski definition) is 5. The number of anilines is 1. The highest BCUT2D eigenvalue weighted by Crippen LogP contribution is 2.36. The first-order chi connectivity index (χ1) is 13.2. The number of ether oxygens (including phenoxy) is 1. The number of fused-ring (bicyclic) bond motifs is 1. The number of aryl methyl sites for hydroxylation is 1. The molecule has 0 radical (unpaired) electrons. The van der Waals surface area contributed by atoms with E-state index in [1.54, 1.807) is 13.3 Å². The van der Waals surface area contributed by atoms with Gasteiger partial charge in [0.2, 0.25) is 0 Å². The Labute approximate surface area is 159 Å². The van der Waals surface area contributed by atoms with Crippen molar-refractivity contribution < 1.29 is 9.53 Å². The minimum absolute atomic E-state index is 0.00851. The average Bonchev–Trinajstić information content (AvgIpc) is 3.11. The van der Waals surface area contributed by atoms with Crippen LogP contribution in [-0.4, -0.2) is 54.2 Å². The minimum atomic E-state index is 0.00851. The van der Waals surface area contributed by atoms with Crippen LogP contribution >= 0.6 is 0 Å². The van der Waals surface area contributed by atoms with E-state index in [1.165, 1.54) is 11.1 Å². The molecule has 2 heterocycles. The summed E-state index contributed by atoms with van der Waals surface area (Å²) in [6.07, 6.45) is 3.63. The standard InChI is InChI=1S/C20H25N5O2/c1-14-21-9-8-19(22-14)24-10-12-25(13-11-24)20(26)23-17-7-6-16-15(17)4-3-5-18(16)27-2/h3-5,8-9,17H,6-7,10-13H2,1-2H3,(H,23,26). The first-order valence-corrected chi connectivity index (χ1v) is 9.41. The number of benzene rings is 1. The molecule has 4 rings (SSSR count). The van der Waals surface area contributed by atoms with E-state index >= 15 is 0 Å². The maximum Gasteiger partial charge on any atom is 0.318 e. The number of methoxy groups -OCH3 is 1. The van der Waals surface area contributed by atoms with Crippen LogP contribution in [0.25, 0.3) is 0 Å². The maximum atomic E-state index is 12.8. The Morgan fingerprint density at radius 3 is 2.78 bits per heavy atom. The number of urea groups is 1. The molecule has 1 unspecified atom stereocenters. The second-order valence-corrected chi connectivity index (χ2v) is 7.00. The molecular weight excluding hydrogens is 342 g/mol. The lowest BCUT2D eigenvalue weighted by atomic mass is 10.1. The third-order valence-electron chi connectivity index (χ3n) is 5.40. The molecule has 2 aromatic rings. The zero-order valence-corrected chi connectivity index (χ0v) is 15.8. The Morgan fingerprint density at radius 2 is 2.04 bits per heavy atom. The topological polar surface area (TPSA) is 70.6 Å². The van der Waals surface area contributed by atoms with E-state index < -0.39 is 0 Å². The summed E-state index contributed by atoms with van der Waals surface area (Å²) in [6.45, 7) is 4.82. The zero-order valence-electron chi connectivity index (χ0n) is 15.8. The highest BCUT2D eigenvalue weighted by Gasteiger charge is 2.29. The van der Waals surface area contributed by atoms with Crippen LogP contribution in [0.1, 0.15) is 29.4 Å². The van der Waals surface area contributed by atoms with Crippen molar-refractivity contribution in [2.24, 2.45) is 0 Å². The number of carbonyl (C=O) groups excluding carboxylic acids is 1. The molecule has 7 nitrogen and oxygen atoms in total. The van der Waals surface area contributed by atoms with Gasteiger partial charge < -0.3 is 19.9 Å². The molecule has 1 saturated heterocycles. The minimum Gasteiger partial charge on any atom is -0.496 e. The molecule has 0 saturated carbocycles. The van der Waals surface area contributed by atoms with Gasteiger partial charge in [0.1, 0.15) is 17.4 Å². The molecule has 1 atom stereocenters. The summed E-state index contributed by atoms with van der Waals surface area (Å²) < 4.78 is 5.45. The van der Waals surface area contributed by atoms with Crippen LogP contribution < -0.4 is 15.0 Å². The van der Waals surface area contributed by atoms with E-state index in [4.69, 9.17) is 4.74 Å². The number of piperazine rings is 1. The van der Waals surface area contributed by atoms with Crippen molar-refractivity contribution in [1.29, 1.82) is 0 Å². The molecule has 1 aromatic carbocycles. The van der Waals surface area contributed by atoms with Crippen LogP contribution in [0.4, 0.5) is 10.6 Å². The van der Waals surface area contributed by atoms with Crippen molar-refractivity contribution >= 4 is 11.8 Å². The van der Waals surface area contributed by atoms with Crippen molar-refractivity contribution in [3.05, 3.63) is 47.4 Å². The smallest absolute Gasteiger partial charge is 0.318 e. The summed E-state index contributed by atoms with van der Waals surface area (Å²) in [5.74, 6) is 2.61. The Balaban J connectivity index is 1.36. The van der Waals surface area contributed by atoms with Gasteiger partial charge in [-0.1, -0.05) is 12.1 Å². The molecule has 27 heavy (non-hydrogen) atoms. The highest BCUT2D eigenvalue weighted by atomic mass is 16.5. The predicted molar refractivity (Wildman–Crippen MR) is 103 cm³/mol. The quantitative estimate of drug-likeness (QED) is 0.901. The van der Waals surface area contributed by atoms with Crippen molar-refractivity contribution in [3.8, 4) is 5.75 Å². The zero-order chi connectivity index (χ0) is 18.8. The van der Waals surface area contributed by atoms with Gasteiger partial charge in [-0.25, -0.2) is 14.8 Å². The lowest BCUT2D eigenvalue weighted by Gasteiger charge is -2.36. The third kappa shape index (κ3) is 3.54. The van der Waals surface area contributed by atoms with Crippen LogP contribution in [0, 0.1) is 6.92 Å². The third-order valence-corrected chi connectivity index (χ3v) is 5.40. The molecule has 0 bridgehead atoms. The van der Waals surface area contributed by atoms with Gasteiger partial charge in [0, 0.05) is 32.4 Å². The number of nitrogens with one attached hydrogen (secondary N) is 1. The summed E-state index contributed by atoms with van der Waals surface area (Å²) >= 11 is 0. The molecule has 142 valence electrons. The first kappa shape index (κ1) is 17.6. The van der Waals surface area contributed by atoms with Crippen molar-refractivity contribution in [2.75, 3.05) is 38.2 Å². The number of nitrogens with zero attached hydrogens (tertiary/aromatic N) is 4. The fourth-order valence-corrected chi connectivity index (χ4v) is 3.96. The van der Waals surface area contributed by atoms with Gasteiger partial charge >= 0.3 is 6.03 Å². The number of rotatable bonds is 3. The molecule has 1 N–H and O–H groups in total. The summed E-state index contributed by atoms with van der Waals surface area (Å²) in [5, 5.41) is 3.21. The molecule has 2 amide bonds. The molecule has 1 aliphatic carbocycles. The Bertz CT molecular complexity index is 833. The van der Waals surface area contributed by atoms with Crippen molar-refractivity contribution in [3.63, 3.8) is 0 Å². The predicted octanol–water partition coefficient (Wildman–Crippen LogP) is 2.31. The van der Waals surface area contributed by atoms with Crippen LogP contribution in [0.2, 0.25) is 0 Å². The van der Waals surface area contributed by atoms with E-state index in [0.717, 1.165) is 43.3 Å². The van der Waals surface area contributed by atoms with Gasteiger partial charge in [0.15, 0.2) is 0 Å². The van der Waals surface area contributed by atoms with Crippen molar-refractivity contribution in [2.45, 2.75) is 25.8 Å². The lowest BCUT2D eigenvalue weighted by molar-refractivity contribution is 0.190. The van der Waals surface area contributed by atoms with Crippen LogP contribution in [0.15, 0.2) is 30.5 Å². The van der Waals surface area contributed by atoms with Gasteiger partial charge in [-0.05, 0) is 43.0 Å². The van der Waals surface area contributed by atoms with Gasteiger partial charge in [0.25, 0.3) is 0 Å². The largest absolute Gasteiger partial charge is 0.496 e. The molecule has 7 heteroatoms. The van der Waals surface area contributed by atoms with E-state index in [0.29, 0.717) is 13.1 Å². The molecule has 1 aliphatic heterocycles. The number of amides is 2. The Morgan fingerprint density at radius 1 is 1.22 bits per heavy atom. The van der Waals surface area contributed by atoms with Crippen LogP contribution in [0.5, 0.6) is 5.75 Å². The maximum absolute atomic E-state index is 12.8. The summed E-state index contributed by atoms with van der Waals surface area (Å²) in [6, 6.07) is 8.05. The second-order valence-electron chi connectivity index (χ2n) is 7.00. The van der Waals surface area contributed by atoms with Crippen molar-refractivity contribution in [1.82, 2.24) is 20.2 Å². The monoisotopic (exact) mass is 367 g/mol. The summed E-state index contributed by atoms with van der Waals surface area (Å²) in [5.41, 5.74) is 2.40. The Kier molecular flexibility index (Phi) is 4.83. The van der Waals surface area contributed by atoms with Gasteiger partial charge in [-0.3, -0.25) is 0 Å². The highest BCUT2D eigenvalue weighted by molar-refractivity contribution is 5.75. The second kappa shape index (κ2) is 7.42. The van der Waals surface area contributed by atoms with E-state index in [1.807, 2.05) is 30.0 Å². The molecular formula is C20H25N5O2. The molecule has 1 aromatic heterocycles.